The number of halogens is 1. The number of hydrogen-bond donors (Lipinski definition) is 3. The zero-order chi connectivity index (χ0) is 27.6. The van der Waals surface area contributed by atoms with Gasteiger partial charge in [0, 0.05) is 30.3 Å². The van der Waals surface area contributed by atoms with Gasteiger partial charge in [0.25, 0.3) is 0 Å². The molecule has 2 heterocycles. The molecule has 2 aromatic heterocycles. The number of aromatic amines is 1. The van der Waals surface area contributed by atoms with E-state index < -0.39 is 5.60 Å². The van der Waals surface area contributed by atoms with E-state index in [-0.39, 0.29) is 28.5 Å². The third-order valence-corrected chi connectivity index (χ3v) is 7.54. The van der Waals surface area contributed by atoms with Crippen molar-refractivity contribution >= 4 is 40.0 Å². The largest absolute Gasteiger partial charge is 0.457 e. The fourth-order valence-corrected chi connectivity index (χ4v) is 5.24. The normalized spacial score (nSPS) is 17.6. The molecule has 0 bridgehead atoms. The molecule has 5 rings (SSSR count). The van der Waals surface area contributed by atoms with Crippen molar-refractivity contribution in [3.8, 4) is 11.5 Å². The number of hydrogen-bond acceptors (Lipinski definition) is 7. The summed E-state index contributed by atoms with van der Waals surface area (Å²) in [6, 6.07) is 14.5. The number of carbonyl (C=O) groups is 2. The number of anilines is 1. The highest BCUT2D eigenvalue weighted by molar-refractivity contribution is 6.35. The summed E-state index contributed by atoms with van der Waals surface area (Å²) in [5.74, 6) is 1.69. The summed E-state index contributed by atoms with van der Waals surface area (Å²) in [6.45, 7) is 3.08. The Morgan fingerprint density at radius 2 is 1.79 bits per heavy atom. The number of rotatable bonds is 9. The number of fused-ring (bicyclic) bond motifs is 1. The lowest BCUT2D eigenvalue weighted by Crippen LogP contribution is -2.34. The van der Waals surface area contributed by atoms with Crippen molar-refractivity contribution in [2.24, 2.45) is 5.92 Å². The molecule has 8 nitrogen and oxygen atoms in total. The molecular weight excluding hydrogens is 516 g/mol. The summed E-state index contributed by atoms with van der Waals surface area (Å²) in [4.78, 5) is 37.7. The highest BCUT2D eigenvalue weighted by atomic mass is 35.5. The van der Waals surface area contributed by atoms with Crippen molar-refractivity contribution in [1.82, 2.24) is 15.0 Å². The molecule has 2 aromatic carbocycles. The van der Waals surface area contributed by atoms with Gasteiger partial charge in [0.05, 0.1) is 16.0 Å². The Morgan fingerprint density at radius 1 is 1.05 bits per heavy atom. The molecule has 0 amide bonds. The van der Waals surface area contributed by atoms with Crippen LogP contribution in [-0.4, -0.2) is 43.3 Å². The minimum atomic E-state index is -1.29. The van der Waals surface area contributed by atoms with Crippen LogP contribution in [0.2, 0.25) is 5.02 Å². The Labute approximate surface area is 231 Å². The number of ketones is 2. The number of carbonyl (C=O) groups excluding carboxylic acids is 2. The summed E-state index contributed by atoms with van der Waals surface area (Å²) >= 11 is 6.53. The third-order valence-electron chi connectivity index (χ3n) is 7.22. The van der Waals surface area contributed by atoms with Crippen molar-refractivity contribution in [2.75, 3.05) is 5.32 Å². The van der Waals surface area contributed by atoms with Gasteiger partial charge in [-0.25, -0.2) is 9.97 Å². The Hall–Kier alpha value is -3.75. The zero-order valence-electron chi connectivity index (χ0n) is 21.9. The Morgan fingerprint density at radius 3 is 2.49 bits per heavy atom. The topological polar surface area (TPSA) is 117 Å². The molecule has 4 aromatic rings. The minimum Gasteiger partial charge on any atom is -0.457 e. The number of para-hydroxylation sites is 1. The molecule has 1 aliphatic carbocycles. The number of H-pyrrole nitrogens is 1. The number of benzene rings is 2. The molecule has 0 radical (unpaired) electrons. The van der Waals surface area contributed by atoms with E-state index >= 15 is 0 Å². The predicted octanol–water partition coefficient (Wildman–Crippen LogP) is 6.34. The molecule has 1 saturated carbocycles. The summed E-state index contributed by atoms with van der Waals surface area (Å²) in [6.07, 6.45) is 6.96. The average molecular weight is 547 g/mol. The van der Waals surface area contributed by atoms with Crippen molar-refractivity contribution in [3.05, 3.63) is 77.2 Å². The monoisotopic (exact) mass is 546 g/mol. The van der Waals surface area contributed by atoms with Crippen LogP contribution in [0.5, 0.6) is 11.5 Å². The van der Waals surface area contributed by atoms with Crippen molar-refractivity contribution < 1.29 is 19.4 Å². The van der Waals surface area contributed by atoms with Crippen LogP contribution in [0.1, 0.15) is 61.9 Å². The van der Waals surface area contributed by atoms with Crippen LogP contribution in [0, 0.1) is 5.92 Å². The van der Waals surface area contributed by atoms with Gasteiger partial charge in [-0.3, -0.25) is 9.59 Å². The first-order chi connectivity index (χ1) is 18.7. The van der Waals surface area contributed by atoms with Gasteiger partial charge in [-0.15, -0.1) is 0 Å². The molecule has 9 heteroatoms. The average Bonchev–Trinajstić information content (AvgIpc) is 3.35. The van der Waals surface area contributed by atoms with Crippen LogP contribution in [0.15, 0.2) is 61.1 Å². The minimum absolute atomic E-state index is 0.120. The van der Waals surface area contributed by atoms with E-state index in [0.29, 0.717) is 45.9 Å². The summed E-state index contributed by atoms with van der Waals surface area (Å²) in [5.41, 5.74) is 0.0400. The van der Waals surface area contributed by atoms with E-state index in [9.17, 15) is 14.7 Å². The van der Waals surface area contributed by atoms with Crippen LogP contribution in [0.25, 0.3) is 11.0 Å². The fourth-order valence-electron chi connectivity index (χ4n) is 4.98. The molecule has 0 atom stereocenters. The van der Waals surface area contributed by atoms with E-state index in [1.807, 2.05) is 30.3 Å². The second kappa shape index (κ2) is 11.2. The van der Waals surface area contributed by atoms with Gasteiger partial charge >= 0.3 is 0 Å². The van der Waals surface area contributed by atoms with Crippen molar-refractivity contribution in [3.63, 3.8) is 0 Å². The Bertz CT molecular complexity index is 1490. The zero-order valence-corrected chi connectivity index (χ0v) is 22.7. The van der Waals surface area contributed by atoms with Gasteiger partial charge < -0.3 is 20.1 Å². The maximum absolute atomic E-state index is 13.6. The molecule has 202 valence electrons. The molecule has 0 saturated heterocycles. The van der Waals surface area contributed by atoms with Crippen molar-refractivity contribution in [2.45, 2.75) is 57.6 Å². The van der Waals surface area contributed by atoms with Crippen LogP contribution in [-0.2, 0) is 4.79 Å². The first-order valence-electron chi connectivity index (χ1n) is 13.1. The highest BCUT2D eigenvalue weighted by Gasteiger charge is 2.30. The lowest BCUT2D eigenvalue weighted by atomic mass is 9.81. The van der Waals surface area contributed by atoms with Gasteiger partial charge in [0.1, 0.15) is 34.9 Å². The Balaban J connectivity index is 1.31. The number of ether oxygens (including phenoxy) is 1. The van der Waals surface area contributed by atoms with Crippen LogP contribution in [0.4, 0.5) is 5.82 Å². The summed E-state index contributed by atoms with van der Waals surface area (Å²) < 4.78 is 5.84. The molecule has 39 heavy (non-hydrogen) atoms. The van der Waals surface area contributed by atoms with Gasteiger partial charge in [-0.05, 0) is 69.7 Å². The first-order valence-corrected chi connectivity index (χ1v) is 13.5. The number of Topliss-reactive ketones (excluding diaryl/α,β-unsaturated/α-hetero) is 1. The van der Waals surface area contributed by atoms with E-state index in [1.165, 1.54) is 6.33 Å². The highest BCUT2D eigenvalue weighted by Crippen LogP contribution is 2.34. The number of nitrogens with one attached hydrogen (secondary N) is 2. The van der Waals surface area contributed by atoms with Gasteiger partial charge in [-0.2, -0.15) is 0 Å². The summed E-state index contributed by atoms with van der Waals surface area (Å²) in [7, 11) is 0. The van der Waals surface area contributed by atoms with E-state index in [1.54, 1.807) is 38.2 Å². The van der Waals surface area contributed by atoms with Gasteiger partial charge in [0.2, 0.25) is 0 Å². The second-order valence-corrected chi connectivity index (χ2v) is 11.0. The maximum Gasteiger partial charge on any atom is 0.196 e. The summed E-state index contributed by atoms with van der Waals surface area (Å²) in [5, 5.41) is 14.4. The lowest BCUT2D eigenvalue weighted by molar-refractivity contribution is -0.135. The maximum atomic E-state index is 13.6. The molecule has 1 aliphatic rings. The van der Waals surface area contributed by atoms with Crippen molar-refractivity contribution in [1.29, 1.82) is 0 Å². The molecule has 0 unspecified atom stereocenters. The predicted molar refractivity (Wildman–Crippen MR) is 151 cm³/mol. The number of aliphatic hydroxyl groups is 1. The van der Waals surface area contributed by atoms with Crippen LogP contribution in [0.3, 0.4) is 0 Å². The molecule has 1 fully saturated rings. The van der Waals surface area contributed by atoms with Gasteiger partial charge in [-0.1, -0.05) is 29.8 Å². The van der Waals surface area contributed by atoms with Crippen LogP contribution < -0.4 is 10.1 Å². The van der Waals surface area contributed by atoms with Crippen LogP contribution >= 0.6 is 11.6 Å². The second-order valence-electron chi connectivity index (χ2n) is 10.6. The molecule has 3 N–H and O–H groups in total. The number of nitrogens with zero attached hydrogens (tertiary/aromatic N) is 2. The Kier molecular flexibility index (Phi) is 7.68. The van der Waals surface area contributed by atoms with E-state index in [0.717, 1.165) is 25.7 Å². The lowest BCUT2D eigenvalue weighted by Gasteiger charge is -2.30. The standard InChI is InChI=1S/C30H31ClN4O4/c1-30(2,38)25(36)14-18-8-10-19(11-9-18)35-29-26-23(16-32-28(26)33-17-34-29)27(37)22-13-12-21(15-24(22)31)39-20-6-4-3-5-7-20/h3-7,12-13,15-19,38H,8-11,14H2,1-2H3,(H2,32,33,34,35). The number of aromatic nitrogens is 3. The first kappa shape index (κ1) is 26.8. The quantitative estimate of drug-likeness (QED) is 0.210. The van der Waals surface area contributed by atoms with E-state index in [4.69, 9.17) is 16.3 Å². The van der Waals surface area contributed by atoms with Gasteiger partial charge in [0.15, 0.2) is 11.6 Å². The SMILES string of the molecule is CC(C)(O)C(=O)CC1CCC(Nc2ncnc3[nH]cc(C(=O)c4ccc(Oc5ccccc5)cc4Cl)c23)CC1. The molecule has 0 spiro atoms. The fraction of sp³-hybridized carbons (Fsp3) is 0.333. The smallest absolute Gasteiger partial charge is 0.196 e. The molecule has 0 aliphatic heterocycles. The van der Waals surface area contributed by atoms with E-state index in [2.05, 4.69) is 20.3 Å². The molecular formula is C30H31ClN4O4. The third kappa shape index (κ3) is 6.13.